The van der Waals surface area contributed by atoms with Gasteiger partial charge < -0.3 is 20.1 Å². The first-order valence-corrected chi connectivity index (χ1v) is 11.8. The maximum absolute atomic E-state index is 12.8. The van der Waals surface area contributed by atoms with Crippen LogP contribution in [-0.2, 0) is 11.4 Å². The molecule has 1 aromatic carbocycles. The zero-order chi connectivity index (χ0) is 22.1. The van der Waals surface area contributed by atoms with Crippen molar-refractivity contribution >= 4 is 23.2 Å². The number of methoxy groups -OCH3 is 1. The van der Waals surface area contributed by atoms with Crippen LogP contribution in [0.5, 0.6) is 11.5 Å². The zero-order valence-electron chi connectivity index (χ0n) is 18.2. The summed E-state index contributed by atoms with van der Waals surface area (Å²) in [7, 11) is 1.60. The van der Waals surface area contributed by atoms with Crippen LogP contribution in [0.15, 0.2) is 29.6 Å². The van der Waals surface area contributed by atoms with Gasteiger partial charge in [-0.15, -0.1) is 11.3 Å². The fourth-order valence-corrected chi connectivity index (χ4v) is 4.38. The van der Waals surface area contributed by atoms with Crippen LogP contribution in [0.2, 0.25) is 0 Å². The molecule has 31 heavy (non-hydrogen) atoms. The van der Waals surface area contributed by atoms with E-state index in [2.05, 4.69) is 22.5 Å². The van der Waals surface area contributed by atoms with Gasteiger partial charge in [-0.05, 0) is 31.4 Å². The number of hydrogen-bond acceptors (Lipinski definition) is 6. The molecule has 1 fully saturated rings. The monoisotopic (exact) mass is 445 g/mol. The van der Waals surface area contributed by atoms with Crippen molar-refractivity contribution in [3.63, 3.8) is 0 Å². The Kier molecular flexibility index (Phi) is 8.70. The number of unbranched alkanes of at least 4 members (excludes halogenated alkanes) is 1. The van der Waals surface area contributed by atoms with Gasteiger partial charge in [-0.1, -0.05) is 38.3 Å². The number of nitrogens with one attached hydrogen (secondary N) is 2. The summed E-state index contributed by atoms with van der Waals surface area (Å²) in [4.78, 5) is 29.3. The third-order valence-electron chi connectivity index (χ3n) is 5.39. The molecule has 2 amide bonds. The van der Waals surface area contributed by atoms with Gasteiger partial charge in [0.05, 0.1) is 7.11 Å². The van der Waals surface area contributed by atoms with Crippen molar-refractivity contribution in [1.29, 1.82) is 0 Å². The van der Waals surface area contributed by atoms with Crippen LogP contribution in [0.3, 0.4) is 0 Å². The molecule has 0 saturated heterocycles. The molecule has 168 valence electrons. The molecule has 2 unspecified atom stereocenters. The van der Waals surface area contributed by atoms with Crippen molar-refractivity contribution in [2.24, 2.45) is 0 Å². The second kappa shape index (κ2) is 11.7. The van der Waals surface area contributed by atoms with E-state index in [4.69, 9.17) is 9.47 Å². The number of carbonyl (C=O) groups excluding carboxylic acids is 2. The molecule has 1 aliphatic rings. The first kappa shape index (κ1) is 23.1. The van der Waals surface area contributed by atoms with Crippen LogP contribution in [0.25, 0.3) is 0 Å². The molecule has 1 heterocycles. The Hall–Kier alpha value is -2.61. The van der Waals surface area contributed by atoms with Gasteiger partial charge in [0.25, 0.3) is 5.91 Å². The van der Waals surface area contributed by atoms with Gasteiger partial charge in [0.15, 0.2) is 11.5 Å². The number of thiazole rings is 1. The number of nitrogens with zero attached hydrogens (tertiary/aromatic N) is 1. The third-order valence-corrected chi connectivity index (χ3v) is 6.21. The van der Waals surface area contributed by atoms with E-state index < -0.39 is 0 Å². The minimum Gasteiger partial charge on any atom is -0.493 e. The number of benzene rings is 1. The second-order valence-corrected chi connectivity index (χ2v) is 8.65. The average Bonchev–Trinajstić information content (AvgIpc) is 3.27. The molecule has 2 N–H and O–H groups in total. The molecular formula is C23H31N3O4S. The summed E-state index contributed by atoms with van der Waals surface area (Å²) in [5.41, 5.74) is 0.380. The Labute approximate surface area is 187 Å². The molecule has 0 aliphatic heterocycles. The lowest BCUT2D eigenvalue weighted by Crippen LogP contribution is -2.53. The summed E-state index contributed by atoms with van der Waals surface area (Å²) in [6.45, 7) is 2.33. The predicted octanol–water partition coefficient (Wildman–Crippen LogP) is 4.08. The number of para-hydroxylation sites is 2. The van der Waals surface area contributed by atoms with Crippen molar-refractivity contribution in [2.75, 3.05) is 7.11 Å². The summed E-state index contributed by atoms with van der Waals surface area (Å²) < 4.78 is 11.1. The maximum atomic E-state index is 12.8. The standard InChI is InChI=1S/C23H31N3O4S/c1-3-4-13-21(27)24-16-9-5-6-10-17(16)26-23(28)18-15-31-22(25-18)14-30-20-12-8-7-11-19(20)29-2/h7-8,11-12,15-17H,3-6,9-10,13-14H2,1-2H3,(H,24,27)(H,26,28). The Bertz CT molecular complexity index is 870. The topological polar surface area (TPSA) is 89.6 Å². The average molecular weight is 446 g/mol. The van der Waals surface area contributed by atoms with Crippen molar-refractivity contribution in [1.82, 2.24) is 15.6 Å². The van der Waals surface area contributed by atoms with E-state index >= 15 is 0 Å². The fourth-order valence-electron chi connectivity index (χ4n) is 3.69. The summed E-state index contributed by atoms with van der Waals surface area (Å²) >= 11 is 1.39. The fraction of sp³-hybridized carbons (Fsp3) is 0.522. The molecular weight excluding hydrogens is 414 g/mol. The van der Waals surface area contributed by atoms with Gasteiger partial charge in [-0.3, -0.25) is 9.59 Å². The van der Waals surface area contributed by atoms with Gasteiger partial charge in [0.1, 0.15) is 17.3 Å². The molecule has 3 rings (SSSR count). The van der Waals surface area contributed by atoms with Crippen LogP contribution in [0.1, 0.15) is 67.4 Å². The van der Waals surface area contributed by atoms with Crippen LogP contribution < -0.4 is 20.1 Å². The minimum absolute atomic E-state index is 0.0194. The molecule has 1 aromatic heterocycles. The largest absolute Gasteiger partial charge is 0.493 e. The first-order valence-electron chi connectivity index (χ1n) is 10.9. The molecule has 0 bridgehead atoms. The number of carbonyl (C=O) groups is 2. The molecule has 0 spiro atoms. The molecule has 1 aliphatic carbocycles. The number of amides is 2. The summed E-state index contributed by atoms with van der Waals surface area (Å²) in [6, 6.07) is 7.33. The van der Waals surface area contributed by atoms with Crippen molar-refractivity contribution in [3.05, 3.63) is 40.3 Å². The second-order valence-electron chi connectivity index (χ2n) is 7.71. The van der Waals surface area contributed by atoms with Gasteiger partial charge >= 0.3 is 0 Å². The van der Waals surface area contributed by atoms with Gasteiger partial charge in [0.2, 0.25) is 5.91 Å². The van der Waals surface area contributed by atoms with E-state index in [1.54, 1.807) is 12.5 Å². The highest BCUT2D eigenvalue weighted by atomic mass is 32.1. The van der Waals surface area contributed by atoms with Crippen LogP contribution in [0, 0.1) is 0 Å². The third kappa shape index (κ3) is 6.69. The lowest BCUT2D eigenvalue weighted by atomic mass is 9.90. The van der Waals surface area contributed by atoms with E-state index in [0.29, 0.717) is 28.6 Å². The van der Waals surface area contributed by atoms with Crippen LogP contribution >= 0.6 is 11.3 Å². The minimum atomic E-state index is -0.209. The summed E-state index contributed by atoms with van der Waals surface area (Å²) in [5, 5.41) is 8.65. The summed E-state index contributed by atoms with van der Waals surface area (Å²) in [5.74, 6) is 1.15. The molecule has 0 radical (unpaired) electrons. The highest BCUT2D eigenvalue weighted by molar-refractivity contribution is 7.09. The molecule has 1 saturated carbocycles. The lowest BCUT2D eigenvalue weighted by molar-refractivity contribution is -0.122. The Morgan fingerprint density at radius 2 is 1.84 bits per heavy atom. The highest BCUT2D eigenvalue weighted by Gasteiger charge is 2.28. The van der Waals surface area contributed by atoms with Crippen LogP contribution in [0.4, 0.5) is 0 Å². The summed E-state index contributed by atoms with van der Waals surface area (Å²) in [6.07, 6.45) is 6.26. The first-order chi connectivity index (χ1) is 15.1. The SMILES string of the molecule is CCCCC(=O)NC1CCCCC1NC(=O)c1csc(COc2ccccc2OC)n1. The normalized spacial score (nSPS) is 18.3. The highest BCUT2D eigenvalue weighted by Crippen LogP contribution is 2.27. The molecule has 8 heteroatoms. The van der Waals surface area contributed by atoms with E-state index in [1.165, 1.54) is 11.3 Å². The Morgan fingerprint density at radius 1 is 1.13 bits per heavy atom. The number of aromatic nitrogens is 1. The molecule has 2 atom stereocenters. The van der Waals surface area contributed by atoms with Gasteiger partial charge in [0, 0.05) is 23.9 Å². The predicted molar refractivity (Wildman–Crippen MR) is 121 cm³/mol. The molecule has 2 aromatic rings. The Balaban J connectivity index is 1.55. The molecule has 7 nitrogen and oxygen atoms in total. The Morgan fingerprint density at radius 3 is 2.55 bits per heavy atom. The maximum Gasteiger partial charge on any atom is 0.271 e. The quantitative estimate of drug-likeness (QED) is 0.575. The van der Waals surface area contributed by atoms with Gasteiger partial charge in [-0.2, -0.15) is 0 Å². The van der Waals surface area contributed by atoms with E-state index in [-0.39, 0.29) is 30.5 Å². The number of rotatable bonds is 10. The zero-order valence-corrected chi connectivity index (χ0v) is 19.0. The van der Waals surface area contributed by atoms with E-state index in [9.17, 15) is 9.59 Å². The van der Waals surface area contributed by atoms with E-state index in [1.807, 2.05) is 24.3 Å². The van der Waals surface area contributed by atoms with E-state index in [0.717, 1.165) is 38.5 Å². The lowest BCUT2D eigenvalue weighted by Gasteiger charge is -2.32. The van der Waals surface area contributed by atoms with Gasteiger partial charge in [-0.25, -0.2) is 4.98 Å². The van der Waals surface area contributed by atoms with Crippen molar-refractivity contribution in [3.8, 4) is 11.5 Å². The van der Waals surface area contributed by atoms with Crippen LogP contribution in [-0.4, -0.2) is 36.0 Å². The van der Waals surface area contributed by atoms with Crippen molar-refractivity contribution in [2.45, 2.75) is 70.6 Å². The van der Waals surface area contributed by atoms with Crippen molar-refractivity contribution < 1.29 is 19.1 Å². The number of hydrogen-bond donors (Lipinski definition) is 2. The smallest absolute Gasteiger partial charge is 0.271 e. The number of ether oxygens (including phenoxy) is 2.